The lowest BCUT2D eigenvalue weighted by molar-refractivity contribution is -0.385. The van der Waals surface area contributed by atoms with Crippen LogP contribution in [0, 0.1) is 28.4 Å². The van der Waals surface area contributed by atoms with E-state index < -0.39 is 4.92 Å². The number of aromatic nitrogens is 1. The number of nitro groups is 1. The highest BCUT2D eigenvalue weighted by atomic mass is 35.5. The van der Waals surface area contributed by atoms with Crippen LogP contribution in [0.2, 0.25) is 5.15 Å². The maximum Gasteiger partial charge on any atom is 0.291 e. The van der Waals surface area contributed by atoms with Gasteiger partial charge in [-0.25, -0.2) is 4.98 Å². The Morgan fingerprint density at radius 3 is 2.85 bits per heavy atom. The first-order chi connectivity index (χ1) is 6.07. The Morgan fingerprint density at radius 2 is 2.38 bits per heavy atom. The number of hydrogen-bond acceptors (Lipinski definition) is 4. The van der Waals surface area contributed by atoms with Crippen molar-refractivity contribution in [2.24, 2.45) is 0 Å². The number of halogens is 1. The first kappa shape index (κ1) is 9.42. The molecule has 0 bridgehead atoms. The Bertz CT molecular complexity index is 411. The zero-order valence-corrected chi connectivity index (χ0v) is 7.37. The van der Waals surface area contributed by atoms with Gasteiger partial charge in [-0.15, -0.1) is 0 Å². The average molecular weight is 198 g/mol. The average Bonchev–Trinajstić information content (AvgIpc) is 2.04. The highest BCUT2D eigenvalue weighted by molar-refractivity contribution is 6.30. The van der Waals surface area contributed by atoms with E-state index in [9.17, 15) is 10.1 Å². The number of rotatable bonds is 1. The Morgan fingerprint density at radius 1 is 1.77 bits per heavy atom. The van der Waals surface area contributed by atoms with Crippen LogP contribution < -0.4 is 0 Å². The Hall–Kier alpha value is -1.67. The summed E-state index contributed by atoms with van der Waals surface area (Å²) in [6, 6.07) is 1.76. The topological polar surface area (TPSA) is 79.8 Å². The minimum Gasteiger partial charge on any atom is -0.258 e. The summed E-state index contributed by atoms with van der Waals surface area (Å²) >= 11 is 5.55. The fourth-order valence-corrected chi connectivity index (χ4v) is 1.11. The van der Waals surface area contributed by atoms with Crippen LogP contribution in [-0.4, -0.2) is 9.91 Å². The van der Waals surface area contributed by atoms with Gasteiger partial charge < -0.3 is 0 Å². The van der Waals surface area contributed by atoms with Crippen LogP contribution >= 0.6 is 11.6 Å². The predicted molar refractivity (Wildman–Crippen MR) is 45.4 cm³/mol. The van der Waals surface area contributed by atoms with E-state index >= 15 is 0 Å². The molecule has 0 saturated heterocycles. The second-order valence-corrected chi connectivity index (χ2v) is 2.66. The highest BCUT2D eigenvalue weighted by Crippen LogP contribution is 2.24. The summed E-state index contributed by atoms with van der Waals surface area (Å²) in [5.74, 6) is 0. The van der Waals surface area contributed by atoms with Gasteiger partial charge in [0.25, 0.3) is 5.69 Å². The van der Waals surface area contributed by atoms with Gasteiger partial charge in [0.05, 0.1) is 10.5 Å². The molecule has 6 heteroatoms. The van der Waals surface area contributed by atoms with Crippen molar-refractivity contribution < 1.29 is 4.92 Å². The Balaban J connectivity index is 3.47. The molecule has 0 aromatic carbocycles. The Kier molecular flexibility index (Phi) is 2.44. The van der Waals surface area contributed by atoms with Crippen molar-refractivity contribution in [1.29, 1.82) is 5.26 Å². The molecule has 0 spiro atoms. The fourth-order valence-electron chi connectivity index (χ4n) is 0.876. The molecule has 0 atom stereocenters. The van der Waals surface area contributed by atoms with E-state index in [1.165, 1.54) is 6.92 Å². The van der Waals surface area contributed by atoms with Crippen molar-refractivity contribution in [2.75, 3.05) is 0 Å². The molecule has 0 saturated carbocycles. The van der Waals surface area contributed by atoms with E-state index in [2.05, 4.69) is 4.98 Å². The van der Waals surface area contributed by atoms with Crippen molar-refractivity contribution in [3.05, 3.63) is 32.6 Å². The van der Waals surface area contributed by atoms with Crippen LogP contribution in [0.5, 0.6) is 0 Å². The van der Waals surface area contributed by atoms with Gasteiger partial charge in [-0.1, -0.05) is 11.6 Å². The van der Waals surface area contributed by atoms with E-state index in [0.29, 0.717) is 0 Å². The largest absolute Gasteiger partial charge is 0.291 e. The highest BCUT2D eigenvalue weighted by Gasteiger charge is 2.17. The zero-order chi connectivity index (χ0) is 10.0. The second-order valence-electron chi connectivity index (χ2n) is 2.30. The quantitative estimate of drug-likeness (QED) is 0.391. The third-order valence-electron chi connectivity index (χ3n) is 1.57. The van der Waals surface area contributed by atoms with Crippen LogP contribution in [0.4, 0.5) is 5.69 Å². The van der Waals surface area contributed by atoms with Gasteiger partial charge in [-0.05, 0) is 6.92 Å². The van der Waals surface area contributed by atoms with Gasteiger partial charge in [0, 0.05) is 5.56 Å². The van der Waals surface area contributed by atoms with Crippen molar-refractivity contribution in [2.45, 2.75) is 6.92 Å². The summed E-state index contributed by atoms with van der Waals surface area (Å²) in [7, 11) is 0. The molecule has 1 rings (SSSR count). The number of nitriles is 1. The van der Waals surface area contributed by atoms with Gasteiger partial charge >= 0.3 is 0 Å². The van der Waals surface area contributed by atoms with Crippen LogP contribution in [0.1, 0.15) is 11.1 Å². The van der Waals surface area contributed by atoms with Gasteiger partial charge in [0.1, 0.15) is 17.4 Å². The molecule has 1 aromatic heterocycles. The molecule has 1 aromatic rings. The predicted octanol–water partition coefficient (Wildman–Crippen LogP) is 1.82. The van der Waals surface area contributed by atoms with E-state index in [1.807, 2.05) is 0 Å². The monoisotopic (exact) mass is 197 g/mol. The van der Waals surface area contributed by atoms with Crippen molar-refractivity contribution >= 4 is 17.3 Å². The number of nitrogens with zero attached hydrogens (tertiary/aromatic N) is 3. The molecule has 0 aliphatic carbocycles. The molecule has 0 fully saturated rings. The third-order valence-corrected chi connectivity index (χ3v) is 1.86. The minimum atomic E-state index is -0.598. The SMILES string of the molecule is Cc1c([N+](=O)[O-])cnc(Cl)c1C#N. The summed E-state index contributed by atoms with van der Waals surface area (Å²) < 4.78 is 0. The van der Waals surface area contributed by atoms with Crippen molar-refractivity contribution in [3.63, 3.8) is 0 Å². The van der Waals surface area contributed by atoms with Crippen LogP contribution in [0.25, 0.3) is 0 Å². The molecule has 0 amide bonds. The summed E-state index contributed by atoms with van der Waals surface area (Å²) in [6.07, 6.45) is 1.04. The summed E-state index contributed by atoms with van der Waals surface area (Å²) in [5, 5.41) is 19.0. The number of pyridine rings is 1. The van der Waals surface area contributed by atoms with E-state index in [0.717, 1.165) is 6.20 Å². The van der Waals surface area contributed by atoms with Gasteiger partial charge in [0.2, 0.25) is 0 Å². The molecular weight excluding hydrogens is 194 g/mol. The molecule has 66 valence electrons. The molecule has 0 N–H and O–H groups in total. The van der Waals surface area contributed by atoms with Crippen molar-refractivity contribution in [1.82, 2.24) is 4.98 Å². The zero-order valence-electron chi connectivity index (χ0n) is 6.61. The molecule has 13 heavy (non-hydrogen) atoms. The first-order valence-electron chi connectivity index (χ1n) is 3.27. The number of hydrogen-bond donors (Lipinski definition) is 0. The first-order valence-corrected chi connectivity index (χ1v) is 3.65. The van der Waals surface area contributed by atoms with E-state index in [-0.39, 0.29) is 22.0 Å². The third kappa shape index (κ3) is 1.58. The Labute approximate surface area is 78.7 Å². The van der Waals surface area contributed by atoms with Gasteiger partial charge in [0.15, 0.2) is 0 Å². The molecule has 0 radical (unpaired) electrons. The lowest BCUT2D eigenvalue weighted by Crippen LogP contribution is -1.96. The van der Waals surface area contributed by atoms with Crippen molar-refractivity contribution in [3.8, 4) is 6.07 Å². The molecule has 0 aliphatic heterocycles. The van der Waals surface area contributed by atoms with Crippen LogP contribution in [-0.2, 0) is 0 Å². The second kappa shape index (κ2) is 3.37. The molecular formula is C7H4ClN3O2. The van der Waals surface area contributed by atoms with Crippen LogP contribution in [0.15, 0.2) is 6.20 Å². The van der Waals surface area contributed by atoms with Gasteiger partial charge in [-0.3, -0.25) is 10.1 Å². The summed E-state index contributed by atoms with van der Waals surface area (Å²) in [5.41, 5.74) is 0.101. The van der Waals surface area contributed by atoms with Gasteiger partial charge in [-0.2, -0.15) is 5.26 Å². The smallest absolute Gasteiger partial charge is 0.258 e. The lowest BCUT2D eigenvalue weighted by Gasteiger charge is -1.99. The molecule has 0 unspecified atom stereocenters. The summed E-state index contributed by atoms with van der Waals surface area (Å²) in [6.45, 7) is 1.46. The summed E-state index contributed by atoms with van der Waals surface area (Å²) in [4.78, 5) is 13.3. The standard InChI is InChI=1S/C7H4ClN3O2/c1-4-5(2-9)7(8)10-3-6(4)11(12)13/h3H,1H3. The van der Waals surface area contributed by atoms with Crippen LogP contribution in [0.3, 0.4) is 0 Å². The molecule has 1 heterocycles. The fraction of sp³-hybridized carbons (Fsp3) is 0.143. The maximum atomic E-state index is 10.4. The molecule has 0 aliphatic rings. The lowest BCUT2D eigenvalue weighted by atomic mass is 10.1. The minimum absolute atomic E-state index is 0.00870. The van der Waals surface area contributed by atoms with E-state index in [4.69, 9.17) is 16.9 Å². The van der Waals surface area contributed by atoms with E-state index in [1.54, 1.807) is 6.07 Å². The normalized spacial score (nSPS) is 9.31. The maximum absolute atomic E-state index is 10.4. The molecule has 5 nitrogen and oxygen atoms in total.